The van der Waals surface area contributed by atoms with Crippen molar-refractivity contribution in [1.29, 1.82) is 0 Å². The maximum Gasteiger partial charge on any atom is 0.269 e. The van der Waals surface area contributed by atoms with Crippen molar-refractivity contribution in [2.24, 2.45) is 7.05 Å². The van der Waals surface area contributed by atoms with E-state index in [1.165, 1.54) is 5.56 Å². The first kappa shape index (κ1) is 12.3. The van der Waals surface area contributed by atoms with Crippen LogP contribution in [0.3, 0.4) is 0 Å². The van der Waals surface area contributed by atoms with Gasteiger partial charge in [0.25, 0.3) is 5.91 Å². The number of aryl methyl sites for hydroxylation is 3. The molecule has 2 N–H and O–H groups in total. The second-order valence-electron chi connectivity index (χ2n) is 4.26. The van der Waals surface area contributed by atoms with Gasteiger partial charge in [0.15, 0.2) is 0 Å². The Balaban J connectivity index is 1.90. The minimum absolute atomic E-state index is 0.103. The largest absolute Gasteiger partial charge is 0.350 e. The van der Waals surface area contributed by atoms with Gasteiger partial charge < -0.3 is 5.32 Å². The number of H-pyrrole nitrogens is 1. The number of amides is 1. The van der Waals surface area contributed by atoms with Crippen molar-refractivity contribution in [2.75, 3.05) is 6.54 Å². The van der Waals surface area contributed by atoms with Crippen molar-refractivity contribution in [3.05, 3.63) is 34.9 Å². The van der Waals surface area contributed by atoms with Gasteiger partial charge in [-0.25, -0.2) is 0 Å². The highest BCUT2D eigenvalue weighted by atomic mass is 16.2. The molecule has 6 heteroatoms. The monoisotopic (exact) mass is 247 g/mol. The molecule has 0 aliphatic heterocycles. The van der Waals surface area contributed by atoms with Crippen LogP contribution in [-0.4, -0.2) is 32.4 Å². The first-order valence-electron chi connectivity index (χ1n) is 5.86. The zero-order valence-electron chi connectivity index (χ0n) is 10.8. The van der Waals surface area contributed by atoms with Crippen molar-refractivity contribution in [3.63, 3.8) is 0 Å². The summed E-state index contributed by atoms with van der Waals surface area (Å²) in [4.78, 5) is 11.8. The van der Waals surface area contributed by atoms with Gasteiger partial charge in [-0.05, 0) is 31.9 Å². The normalized spacial score (nSPS) is 10.6. The number of carbonyl (C=O) groups is 1. The highest BCUT2D eigenvalue weighted by molar-refractivity contribution is 5.92. The number of hydrogen-bond donors (Lipinski definition) is 2. The average molecular weight is 247 g/mol. The molecule has 2 aromatic heterocycles. The van der Waals surface area contributed by atoms with E-state index < -0.39 is 0 Å². The van der Waals surface area contributed by atoms with Gasteiger partial charge in [0.05, 0.1) is 5.69 Å². The van der Waals surface area contributed by atoms with Crippen LogP contribution < -0.4 is 5.32 Å². The lowest BCUT2D eigenvalue weighted by Crippen LogP contribution is -2.27. The molecule has 2 rings (SSSR count). The Morgan fingerprint density at radius 1 is 1.50 bits per heavy atom. The average Bonchev–Trinajstić information content (AvgIpc) is 2.89. The third-order valence-corrected chi connectivity index (χ3v) is 2.99. The summed E-state index contributed by atoms with van der Waals surface area (Å²) in [6.07, 6.45) is 2.39. The van der Waals surface area contributed by atoms with Crippen molar-refractivity contribution >= 4 is 5.91 Å². The van der Waals surface area contributed by atoms with Gasteiger partial charge in [-0.2, -0.15) is 10.2 Å². The van der Waals surface area contributed by atoms with Gasteiger partial charge in [0.1, 0.15) is 5.69 Å². The van der Waals surface area contributed by atoms with Gasteiger partial charge in [0, 0.05) is 25.5 Å². The molecule has 0 radical (unpaired) electrons. The van der Waals surface area contributed by atoms with Gasteiger partial charge in [-0.3, -0.25) is 14.6 Å². The summed E-state index contributed by atoms with van der Waals surface area (Å²) in [5.41, 5.74) is 3.78. The van der Waals surface area contributed by atoms with Crippen molar-refractivity contribution in [3.8, 4) is 0 Å². The van der Waals surface area contributed by atoms with Crippen LogP contribution in [0.15, 0.2) is 12.3 Å². The fourth-order valence-electron chi connectivity index (χ4n) is 1.93. The van der Waals surface area contributed by atoms with Gasteiger partial charge in [-0.1, -0.05) is 0 Å². The molecule has 96 valence electrons. The van der Waals surface area contributed by atoms with E-state index >= 15 is 0 Å². The maximum atomic E-state index is 11.8. The second-order valence-corrected chi connectivity index (χ2v) is 4.26. The Hall–Kier alpha value is -2.11. The molecule has 0 saturated heterocycles. The van der Waals surface area contributed by atoms with Crippen LogP contribution >= 0.6 is 0 Å². The third-order valence-electron chi connectivity index (χ3n) is 2.99. The first-order chi connectivity index (χ1) is 8.59. The second kappa shape index (κ2) is 5.03. The topological polar surface area (TPSA) is 75.6 Å². The summed E-state index contributed by atoms with van der Waals surface area (Å²) in [6.45, 7) is 4.53. The van der Waals surface area contributed by atoms with Crippen LogP contribution in [0.2, 0.25) is 0 Å². The summed E-state index contributed by atoms with van der Waals surface area (Å²) in [5.74, 6) is -0.103. The molecule has 0 fully saturated rings. The Morgan fingerprint density at radius 3 is 2.83 bits per heavy atom. The number of nitrogens with one attached hydrogen (secondary N) is 2. The SMILES string of the molecule is Cc1n[nH]c(C)c1CCNC(=O)c1ccnn1C. The number of aromatic nitrogens is 4. The molecule has 0 aromatic carbocycles. The Morgan fingerprint density at radius 2 is 2.28 bits per heavy atom. The third kappa shape index (κ3) is 2.42. The highest BCUT2D eigenvalue weighted by Gasteiger charge is 2.10. The van der Waals surface area contributed by atoms with E-state index in [1.807, 2.05) is 13.8 Å². The predicted octanol–water partition coefficient (Wildman–Crippen LogP) is 0.733. The van der Waals surface area contributed by atoms with Crippen LogP contribution in [0.5, 0.6) is 0 Å². The summed E-state index contributed by atoms with van der Waals surface area (Å²) >= 11 is 0. The molecule has 0 unspecified atom stereocenters. The van der Waals surface area contributed by atoms with Gasteiger partial charge in [-0.15, -0.1) is 0 Å². The molecule has 0 spiro atoms. The number of nitrogens with zero attached hydrogens (tertiary/aromatic N) is 3. The van der Waals surface area contributed by atoms with Gasteiger partial charge >= 0.3 is 0 Å². The van der Waals surface area contributed by atoms with E-state index in [0.29, 0.717) is 12.2 Å². The Bertz CT molecular complexity index is 535. The van der Waals surface area contributed by atoms with Crippen LogP contribution in [0.25, 0.3) is 0 Å². The fraction of sp³-hybridized carbons (Fsp3) is 0.417. The van der Waals surface area contributed by atoms with Crippen LogP contribution in [0.4, 0.5) is 0 Å². The fourth-order valence-corrected chi connectivity index (χ4v) is 1.93. The smallest absolute Gasteiger partial charge is 0.269 e. The van der Waals surface area contributed by atoms with Crippen LogP contribution in [0.1, 0.15) is 27.4 Å². The number of hydrogen-bond acceptors (Lipinski definition) is 3. The summed E-state index contributed by atoms with van der Waals surface area (Å²) in [6, 6.07) is 1.70. The van der Waals surface area contributed by atoms with E-state index in [9.17, 15) is 4.79 Å². The molecule has 6 nitrogen and oxygen atoms in total. The standard InChI is InChI=1S/C12H17N5O/c1-8-10(9(2)16-15-8)4-6-13-12(18)11-5-7-14-17(11)3/h5,7H,4,6H2,1-3H3,(H,13,18)(H,15,16). The summed E-state index contributed by atoms with van der Waals surface area (Å²) < 4.78 is 1.56. The molecule has 0 aliphatic carbocycles. The molecular weight excluding hydrogens is 230 g/mol. The van der Waals surface area contributed by atoms with E-state index in [2.05, 4.69) is 20.6 Å². The summed E-state index contributed by atoms with van der Waals surface area (Å²) in [5, 5.41) is 13.9. The number of carbonyl (C=O) groups excluding carboxylic acids is 1. The predicted molar refractivity (Wildman–Crippen MR) is 67.3 cm³/mol. The quantitative estimate of drug-likeness (QED) is 0.836. The van der Waals surface area contributed by atoms with E-state index in [1.54, 1.807) is 24.0 Å². The van der Waals surface area contributed by atoms with E-state index in [0.717, 1.165) is 17.8 Å². The highest BCUT2D eigenvalue weighted by Crippen LogP contribution is 2.09. The molecule has 0 aliphatic rings. The van der Waals surface area contributed by atoms with Crippen LogP contribution in [0, 0.1) is 13.8 Å². The van der Waals surface area contributed by atoms with Crippen molar-refractivity contribution in [2.45, 2.75) is 20.3 Å². The molecular formula is C12H17N5O. The zero-order chi connectivity index (χ0) is 13.1. The lowest BCUT2D eigenvalue weighted by Gasteiger charge is -2.05. The molecule has 0 bridgehead atoms. The zero-order valence-corrected chi connectivity index (χ0v) is 10.8. The minimum atomic E-state index is -0.103. The number of aromatic amines is 1. The van der Waals surface area contributed by atoms with Gasteiger partial charge in [0.2, 0.25) is 0 Å². The summed E-state index contributed by atoms with van der Waals surface area (Å²) in [7, 11) is 1.75. The van der Waals surface area contributed by atoms with E-state index in [-0.39, 0.29) is 5.91 Å². The molecule has 2 heterocycles. The molecule has 18 heavy (non-hydrogen) atoms. The molecule has 0 atom stereocenters. The lowest BCUT2D eigenvalue weighted by molar-refractivity contribution is 0.0944. The van der Waals surface area contributed by atoms with Crippen molar-refractivity contribution < 1.29 is 4.79 Å². The van der Waals surface area contributed by atoms with Crippen molar-refractivity contribution in [1.82, 2.24) is 25.3 Å². The minimum Gasteiger partial charge on any atom is -0.350 e. The first-order valence-corrected chi connectivity index (χ1v) is 5.86. The maximum absolute atomic E-state index is 11.8. The molecule has 2 aromatic rings. The Labute approximate surface area is 105 Å². The number of rotatable bonds is 4. The molecule has 0 saturated carbocycles. The Kier molecular flexibility index (Phi) is 3.45. The lowest BCUT2D eigenvalue weighted by atomic mass is 10.1. The van der Waals surface area contributed by atoms with Crippen LogP contribution in [-0.2, 0) is 13.5 Å². The molecule has 1 amide bonds. The van der Waals surface area contributed by atoms with E-state index in [4.69, 9.17) is 0 Å².